The summed E-state index contributed by atoms with van der Waals surface area (Å²) in [5, 5.41) is 3.13. The standard InChI is InChI=1S/C27H38FN5O2/c1-20(22-6-4-3-5-7-22)31-26(34)16-21-18-29-27(30-19-21)24-9-8-23(17-25(24)28)35-15-14-33-12-10-32(2)11-13-33/h8-9,17-20,22H,3-7,10-16H2,1-2H3,(H,31,34)/t20-/m1/s1. The molecule has 7 nitrogen and oxygen atoms in total. The molecule has 2 aliphatic rings. The smallest absolute Gasteiger partial charge is 0.224 e. The molecule has 8 heteroatoms. The third-order valence-corrected chi connectivity index (χ3v) is 7.27. The highest BCUT2D eigenvalue weighted by Crippen LogP contribution is 2.26. The Hall–Kier alpha value is -2.58. The average molecular weight is 484 g/mol. The van der Waals surface area contributed by atoms with Crippen molar-refractivity contribution in [2.75, 3.05) is 46.4 Å². The molecule has 1 aliphatic carbocycles. The van der Waals surface area contributed by atoms with Crippen LogP contribution < -0.4 is 10.1 Å². The molecule has 1 amide bonds. The molecule has 1 aromatic heterocycles. The molecule has 0 radical (unpaired) electrons. The monoisotopic (exact) mass is 483 g/mol. The van der Waals surface area contributed by atoms with Gasteiger partial charge < -0.3 is 15.0 Å². The van der Waals surface area contributed by atoms with Crippen LogP contribution in [0.1, 0.15) is 44.6 Å². The molecule has 0 bridgehead atoms. The van der Waals surface area contributed by atoms with Gasteiger partial charge in [-0.3, -0.25) is 9.69 Å². The Kier molecular flexibility index (Phi) is 9.04. The zero-order valence-corrected chi connectivity index (χ0v) is 21.0. The number of aromatic nitrogens is 2. The van der Waals surface area contributed by atoms with E-state index in [-0.39, 0.29) is 18.4 Å². The van der Waals surface area contributed by atoms with Crippen LogP contribution in [-0.2, 0) is 11.2 Å². The number of likely N-dealkylation sites (N-methyl/N-ethyl adjacent to an activating group) is 1. The lowest BCUT2D eigenvalue weighted by Crippen LogP contribution is -2.45. The van der Waals surface area contributed by atoms with E-state index >= 15 is 0 Å². The van der Waals surface area contributed by atoms with Gasteiger partial charge in [0.2, 0.25) is 5.91 Å². The Morgan fingerprint density at radius 1 is 1.14 bits per heavy atom. The van der Waals surface area contributed by atoms with Gasteiger partial charge in [0.1, 0.15) is 18.2 Å². The summed E-state index contributed by atoms with van der Waals surface area (Å²) in [5.41, 5.74) is 1.03. The number of amides is 1. The van der Waals surface area contributed by atoms with Gasteiger partial charge in [-0.05, 0) is 50.4 Å². The van der Waals surface area contributed by atoms with Gasteiger partial charge >= 0.3 is 0 Å². The minimum absolute atomic E-state index is 0.0244. The van der Waals surface area contributed by atoms with Crippen molar-refractivity contribution in [3.63, 3.8) is 0 Å². The van der Waals surface area contributed by atoms with Crippen molar-refractivity contribution in [2.45, 2.75) is 51.5 Å². The van der Waals surface area contributed by atoms with Crippen LogP contribution in [-0.4, -0.2) is 78.1 Å². The summed E-state index contributed by atoms with van der Waals surface area (Å²) in [6.07, 6.45) is 9.60. The Morgan fingerprint density at radius 3 is 2.54 bits per heavy atom. The van der Waals surface area contributed by atoms with Crippen molar-refractivity contribution in [2.24, 2.45) is 5.92 Å². The van der Waals surface area contributed by atoms with Gasteiger partial charge in [-0.15, -0.1) is 0 Å². The quantitative estimate of drug-likeness (QED) is 0.588. The average Bonchev–Trinajstić information content (AvgIpc) is 2.86. The Balaban J connectivity index is 1.26. The van der Waals surface area contributed by atoms with Crippen LogP contribution in [0.2, 0.25) is 0 Å². The molecule has 2 aromatic rings. The molecule has 0 spiro atoms. The summed E-state index contributed by atoms with van der Waals surface area (Å²) in [4.78, 5) is 25.8. The third kappa shape index (κ3) is 7.45. The zero-order valence-electron chi connectivity index (χ0n) is 21.0. The first-order valence-corrected chi connectivity index (χ1v) is 12.9. The second-order valence-electron chi connectivity index (χ2n) is 9.98. The van der Waals surface area contributed by atoms with Gasteiger partial charge in [0.05, 0.1) is 12.0 Å². The van der Waals surface area contributed by atoms with Gasteiger partial charge in [-0.25, -0.2) is 14.4 Å². The first-order valence-electron chi connectivity index (χ1n) is 12.9. The number of hydrogen-bond donors (Lipinski definition) is 1. The lowest BCUT2D eigenvalue weighted by Gasteiger charge is -2.32. The molecule has 1 atom stereocenters. The predicted octanol–water partition coefficient (Wildman–Crippen LogP) is 3.54. The molecule has 190 valence electrons. The summed E-state index contributed by atoms with van der Waals surface area (Å²) in [7, 11) is 2.13. The van der Waals surface area contributed by atoms with Crippen molar-refractivity contribution < 1.29 is 13.9 Å². The molecule has 2 fully saturated rings. The number of nitrogens with one attached hydrogen (secondary N) is 1. The Bertz CT molecular complexity index is 957. The van der Waals surface area contributed by atoms with Crippen LogP contribution in [0.4, 0.5) is 4.39 Å². The van der Waals surface area contributed by atoms with Crippen molar-refractivity contribution >= 4 is 5.91 Å². The van der Waals surface area contributed by atoms with Gasteiger partial charge in [-0.1, -0.05) is 19.3 Å². The van der Waals surface area contributed by atoms with Crippen molar-refractivity contribution in [1.82, 2.24) is 25.1 Å². The molecule has 2 heterocycles. The van der Waals surface area contributed by atoms with E-state index < -0.39 is 5.82 Å². The number of benzene rings is 1. The maximum absolute atomic E-state index is 14.8. The fourth-order valence-corrected chi connectivity index (χ4v) is 4.96. The van der Waals surface area contributed by atoms with E-state index in [9.17, 15) is 9.18 Å². The van der Waals surface area contributed by atoms with Crippen LogP contribution in [0.15, 0.2) is 30.6 Å². The number of piperazine rings is 1. The Labute approximate surface area is 208 Å². The zero-order chi connectivity index (χ0) is 24.6. The van der Waals surface area contributed by atoms with E-state index in [1.165, 1.54) is 38.2 Å². The van der Waals surface area contributed by atoms with Gasteiger partial charge in [0.15, 0.2) is 5.82 Å². The van der Waals surface area contributed by atoms with Crippen LogP contribution in [0, 0.1) is 11.7 Å². The summed E-state index contributed by atoms with van der Waals surface area (Å²) >= 11 is 0. The van der Waals surface area contributed by atoms with E-state index in [1.54, 1.807) is 24.5 Å². The van der Waals surface area contributed by atoms with Crippen molar-refractivity contribution in [1.29, 1.82) is 0 Å². The van der Waals surface area contributed by atoms with Crippen LogP contribution in [0.25, 0.3) is 11.4 Å². The molecule has 0 unspecified atom stereocenters. The minimum atomic E-state index is -0.422. The molecular formula is C27H38FN5O2. The highest BCUT2D eigenvalue weighted by Gasteiger charge is 2.21. The summed E-state index contributed by atoms with van der Waals surface area (Å²) in [6, 6.07) is 4.96. The molecule has 1 saturated carbocycles. The molecule has 1 aromatic carbocycles. The van der Waals surface area contributed by atoms with Gasteiger partial charge in [-0.2, -0.15) is 0 Å². The first-order chi connectivity index (χ1) is 17.0. The number of carbonyl (C=O) groups is 1. The van der Waals surface area contributed by atoms with Gasteiger partial charge in [0, 0.05) is 57.2 Å². The lowest BCUT2D eigenvalue weighted by atomic mass is 9.84. The van der Waals surface area contributed by atoms with Crippen molar-refractivity contribution in [3.05, 3.63) is 42.0 Å². The second kappa shape index (κ2) is 12.4. The van der Waals surface area contributed by atoms with Crippen LogP contribution >= 0.6 is 0 Å². The predicted molar refractivity (Wildman–Crippen MR) is 135 cm³/mol. The summed E-state index contributed by atoms with van der Waals surface area (Å²) in [6.45, 7) is 7.63. The fourth-order valence-electron chi connectivity index (χ4n) is 4.96. The van der Waals surface area contributed by atoms with E-state index in [0.717, 1.165) is 32.7 Å². The number of nitrogens with zero attached hydrogens (tertiary/aromatic N) is 4. The van der Waals surface area contributed by atoms with Crippen molar-refractivity contribution in [3.8, 4) is 17.1 Å². The second-order valence-corrected chi connectivity index (χ2v) is 9.98. The number of ether oxygens (including phenoxy) is 1. The number of carbonyl (C=O) groups excluding carboxylic acids is 1. The highest BCUT2D eigenvalue weighted by molar-refractivity contribution is 5.78. The highest BCUT2D eigenvalue weighted by atomic mass is 19.1. The molecule has 1 aliphatic heterocycles. The first kappa shape index (κ1) is 25.5. The van der Waals surface area contributed by atoms with Crippen LogP contribution in [0.3, 0.4) is 0 Å². The largest absolute Gasteiger partial charge is 0.492 e. The van der Waals surface area contributed by atoms with Crippen LogP contribution in [0.5, 0.6) is 5.75 Å². The molecule has 1 N–H and O–H groups in total. The molecule has 4 rings (SSSR count). The summed E-state index contributed by atoms with van der Waals surface area (Å²) < 4.78 is 20.5. The maximum Gasteiger partial charge on any atom is 0.224 e. The molecular weight excluding hydrogens is 445 g/mol. The van der Waals surface area contributed by atoms with E-state index in [0.29, 0.717) is 35.2 Å². The number of hydrogen-bond acceptors (Lipinski definition) is 6. The SMILES string of the molecule is C[C@@H](NC(=O)Cc1cnc(-c2ccc(OCCN3CCN(C)CC3)cc2F)nc1)C1CCCCC1. The van der Waals surface area contributed by atoms with E-state index in [1.807, 2.05) is 0 Å². The maximum atomic E-state index is 14.8. The lowest BCUT2D eigenvalue weighted by molar-refractivity contribution is -0.121. The number of rotatable bonds is 9. The minimum Gasteiger partial charge on any atom is -0.492 e. The number of halogens is 1. The topological polar surface area (TPSA) is 70.6 Å². The summed E-state index contributed by atoms with van der Waals surface area (Å²) in [5.74, 6) is 0.914. The van der Waals surface area contributed by atoms with Gasteiger partial charge in [0.25, 0.3) is 0 Å². The molecule has 35 heavy (non-hydrogen) atoms. The normalized spacial score (nSPS) is 18.8. The molecule has 1 saturated heterocycles. The van der Waals surface area contributed by atoms with E-state index in [2.05, 4.69) is 39.1 Å². The van der Waals surface area contributed by atoms with E-state index in [4.69, 9.17) is 4.74 Å². The Morgan fingerprint density at radius 2 is 1.86 bits per heavy atom. The fraction of sp³-hybridized carbons (Fsp3) is 0.593. The third-order valence-electron chi connectivity index (χ3n) is 7.27.